The number of ether oxygens (including phenoxy) is 1. The van der Waals surface area contributed by atoms with Crippen molar-refractivity contribution >= 4 is 11.8 Å². The van der Waals surface area contributed by atoms with Crippen molar-refractivity contribution in [2.45, 2.75) is 83.5 Å². The first kappa shape index (κ1) is 16.2. The molecule has 1 heterocycles. The van der Waals surface area contributed by atoms with Gasteiger partial charge < -0.3 is 4.74 Å². The molecule has 0 saturated carbocycles. The molecule has 19 heavy (non-hydrogen) atoms. The van der Waals surface area contributed by atoms with Gasteiger partial charge >= 0.3 is 5.97 Å². The van der Waals surface area contributed by atoms with E-state index in [9.17, 15) is 9.59 Å². The molecule has 110 valence electrons. The number of carbonyl (C=O) groups excluding carboxylic acids is 2. The summed E-state index contributed by atoms with van der Waals surface area (Å²) in [5, 5.41) is 0. The first-order valence-corrected chi connectivity index (χ1v) is 7.96. The van der Waals surface area contributed by atoms with Crippen LogP contribution in [-0.2, 0) is 14.3 Å². The lowest BCUT2D eigenvalue weighted by Gasteiger charge is -2.04. The van der Waals surface area contributed by atoms with Crippen molar-refractivity contribution in [3.63, 3.8) is 0 Å². The number of cyclic esters (lactones) is 1. The number of ketones is 1. The van der Waals surface area contributed by atoms with Crippen LogP contribution in [0.4, 0.5) is 0 Å². The molecule has 0 bridgehead atoms. The Bertz CT molecular complexity index is 235. The third kappa shape index (κ3) is 9.69. The van der Waals surface area contributed by atoms with Gasteiger partial charge in [-0.2, -0.15) is 0 Å². The minimum Gasteiger partial charge on any atom is -0.466 e. The van der Waals surface area contributed by atoms with Gasteiger partial charge in [-0.05, 0) is 25.7 Å². The van der Waals surface area contributed by atoms with Gasteiger partial charge in [-0.25, -0.2) is 0 Å². The Morgan fingerprint density at radius 1 is 0.579 bits per heavy atom. The van der Waals surface area contributed by atoms with Gasteiger partial charge in [-0.15, -0.1) is 0 Å². The quantitative estimate of drug-likeness (QED) is 0.619. The normalized spacial score (nSPS) is 22.5. The fraction of sp³-hybridized carbons (Fsp3) is 0.875. The second-order valence-corrected chi connectivity index (χ2v) is 5.54. The number of hydrogen-bond acceptors (Lipinski definition) is 3. The van der Waals surface area contributed by atoms with E-state index in [-0.39, 0.29) is 5.97 Å². The smallest absolute Gasteiger partial charge is 0.305 e. The number of carbonyl (C=O) groups is 2. The molecule has 0 aliphatic carbocycles. The summed E-state index contributed by atoms with van der Waals surface area (Å²) in [5.41, 5.74) is 0. The minimum atomic E-state index is -0.0421. The Balaban J connectivity index is 2.21. The molecule has 3 heteroatoms. The third-order valence-electron chi connectivity index (χ3n) is 3.70. The monoisotopic (exact) mass is 268 g/mol. The van der Waals surface area contributed by atoms with Crippen LogP contribution in [0.25, 0.3) is 0 Å². The highest BCUT2D eigenvalue weighted by molar-refractivity contribution is 5.78. The van der Waals surface area contributed by atoms with Crippen LogP contribution < -0.4 is 0 Å². The second kappa shape index (κ2) is 11.0. The second-order valence-electron chi connectivity index (χ2n) is 5.54. The molecule has 1 saturated heterocycles. The molecular formula is C16H28O3. The van der Waals surface area contributed by atoms with Crippen molar-refractivity contribution in [1.82, 2.24) is 0 Å². The summed E-state index contributed by atoms with van der Waals surface area (Å²) in [4.78, 5) is 23.0. The maximum atomic E-state index is 11.6. The molecule has 0 aromatic rings. The fourth-order valence-corrected chi connectivity index (χ4v) is 2.46. The van der Waals surface area contributed by atoms with Gasteiger partial charge in [-0.3, -0.25) is 9.59 Å². The Labute approximate surface area is 117 Å². The van der Waals surface area contributed by atoms with Crippen molar-refractivity contribution in [3.05, 3.63) is 0 Å². The summed E-state index contributed by atoms with van der Waals surface area (Å²) >= 11 is 0. The molecule has 0 aromatic carbocycles. The van der Waals surface area contributed by atoms with Crippen molar-refractivity contribution in [2.24, 2.45) is 0 Å². The summed E-state index contributed by atoms with van der Waals surface area (Å²) in [6, 6.07) is 0. The number of hydrogen-bond donors (Lipinski definition) is 0. The van der Waals surface area contributed by atoms with Crippen LogP contribution >= 0.6 is 0 Å². The minimum absolute atomic E-state index is 0.0421. The average Bonchev–Trinajstić information content (AvgIpc) is 2.40. The van der Waals surface area contributed by atoms with E-state index in [0.717, 1.165) is 64.2 Å². The van der Waals surface area contributed by atoms with Crippen LogP contribution in [0.2, 0.25) is 0 Å². The third-order valence-corrected chi connectivity index (χ3v) is 3.70. The van der Waals surface area contributed by atoms with Gasteiger partial charge in [0.25, 0.3) is 0 Å². The molecule has 1 aliphatic rings. The van der Waals surface area contributed by atoms with Gasteiger partial charge in [0.2, 0.25) is 0 Å². The summed E-state index contributed by atoms with van der Waals surface area (Å²) in [6.07, 6.45) is 12.7. The lowest BCUT2D eigenvalue weighted by atomic mass is 10.0. The zero-order valence-corrected chi connectivity index (χ0v) is 12.1. The van der Waals surface area contributed by atoms with Crippen LogP contribution in [0, 0.1) is 0 Å². The molecule has 3 nitrogen and oxygen atoms in total. The zero-order valence-electron chi connectivity index (χ0n) is 12.1. The number of rotatable bonds is 0. The van der Waals surface area contributed by atoms with Crippen LogP contribution in [0.5, 0.6) is 0 Å². The average molecular weight is 268 g/mol. The van der Waals surface area contributed by atoms with E-state index < -0.39 is 0 Å². The van der Waals surface area contributed by atoms with E-state index in [1.54, 1.807) is 0 Å². The van der Waals surface area contributed by atoms with Crippen molar-refractivity contribution in [2.75, 3.05) is 6.61 Å². The van der Waals surface area contributed by atoms with Gasteiger partial charge in [0.1, 0.15) is 5.78 Å². The van der Waals surface area contributed by atoms with Crippen LogP contribution in [0.1, 0.15) is 83.5 Å². The van der Waals surface area contributed by atoms with E-state index in [1.165, 1.54) is 12.8 Å². The predicted octanol–water partition coefficient (Wildman–Crippen LogP) is 4.18. The maximum Gasteiger partial charge on any atom is 0.305 e. The molecule has 0 atom stereocenters. The molecular weight excluding hydrogens is 240 g/mol. The highest BCUT2D eigenvalue weighted by atomic mass is 16.5. The zero-order chi connectivity index (χ0) is 13.8. The summed E-state index contributed by atoms with van der Waals surface area (Å²) in [6.45, 7) is 0.548. The molecule has 1 rings (SSSR count). The van der Waals surface area contributed by atoms with Crippen molar-refractivity contribution in [3.8, 4) is 0 Å². The SMILES string of the molecule is O=C1CCCCCCCCC(=O)OCCCCCC1. The molecule has 0 radical (unpaired) electrons. The highest BCUT2D eigenvalue weighted by Crippen LogP contribution is 2.12. The fourth-order valence-electron chi connectivity index (χ4n) is 2.46. The van der Waals surface area contributed by atoms with Gasteiger partial charge in [0.05, 0.1) is 6.61 Å². The van der Waals surface area contributed by atoms with Crippen LogP contribution in [0.15, 0.2) is 0 Å². The summed E-state index contributed by atoms with van der Waals surface area (Å²) < 4.78 is 5.18. The molecule has 0 aromatic heterocycles. The van der Waals surface area contributed by atoms with Gasteiger partial charge in [-0.1, -0.05) is 38.5 Å². The molecule has 1 fully saturated rings. The maximum absolute atomic E-state index is 11.6. The lowest BCUT2D eigenvalue weighted by molar-refractivity contribution is -0.143. The highest BCUT2D eigenvalue weighted by Gasteiger charge is 2.05. The first-order chi connectivity index (χ1) is 9.29. The van der Waals surface area contributed by atoms with E-state index in [4.69, 9.17) is 4.74 Å². The van der Waals surface area contributed by atoms with Crippen molar-refractivity contribution < 1.29 is 14.3 Å². The van der Waals surface area contributed by atoms with Gasteiger partial charge in [0, 0.05) is 19.3 Å². The Morgan fingerprint density at radius 2 is 1.05 bits per heavy atom. The Hall–Kier alpha value is -0.860. The summed E-state index contributed by atoms with van der Waals surface area (Å²) in [5.74, 6) is 0.384. The van der Waals surface area contributed by atoms with Crippen molar-refractivity contribution in [1.29, 1.82) is 0 Å². The summed E-state index contributed by atoms with van der Waals surface area (Å²) in [7, 11) is 0. The largest absolute Gasteiger partial charge is 0.466 e. The van der Waals surface area contributed by atoms with Crippen LogP contribution in [0.3, 0.4) is 0 Å². The van der Waals surface area contributed by atoms with Crippen LogP contribution in [-0.4, -0.2) is 18.4 Å². The van der Waals surface area contributed by atoms with Gasteiger partial charge in [0.15, 0.2) is 0 Å². The van der Waals surface area contributed by atoms with E-state index >= 15 is 0 Å². The number of Topliss-reactive ketones (excluding diaryl/α,β-unsaturated/α-hetero) is 1. The molecule has 0 amide bonds. The Morgan fingerprint density at radius 3 is 1.68 bits per heavy atom. The first-order valence-electron chi connectivity index (χ1n) is 7.96. The number of esters is 1. The lowest BCUT2D eigenvalue weighted by Crippen LogP contribution is -2.05. The van der Waals surface area contributed by atoms with E-state index in [2.05, 4.69) is 0 Å². The standard InChI is InChI=1S/C16H28O3/c17-15-11-7-3-1-2-4-9-13-16(18)19-14-10-6-5-8-12-15/h1-14H2. The predicted molar refractivity (Wildman–Crippen MR) is 76.0 cm³/mol. The topological polar surface area (TPSA) is 43.4 Å². The Kier molecular flexibility index (Phi) is 9.38. The molecule has 0 N–H and O–H groups in total. The van der Waals surface area contributed by atoms with E-state index in [1.807, 2.05) is 0 Å². The molecule has 1 aliphatic heterocycles. The van der Waals surface area contributed by atoms with E-state index in [0.29, 0.717) is 18.8 Å². The molecule has 0 unspecified atom stereocenters. The molecule has 0 spiro atoms.